The third-order valence-corrected chi connectivity index (χ3v) is 7.86. The van der Waals surface area contributed by atoms with Gasteiger partial charge in [0.05, 0.1) is 24.5 Å². The zero-order valence-corrected chi connectivity index (χ0v) is 27.2. The number of rotatable bonds is 9. The largest absolute Gasteiger partial charge is 0.507 e. The summed E-state index contributed by atoms with van der Waals surface area (Å²) in [6, 6.07) is 11.0. The van der Waals surface area contributed by atoms with Crippen LogP contribution in [0, 0.1) is 13.8 Å². The molecule has 2 N–H and O–H groups in total. The van der Waals surface area contributed by atoms with Crippen molar-refractivity contribution in [3.63, 3.8) is 0 Å². The van der Waals surface area contributed by atoms with Crippen molar-refractivity contribution < 1.29 is 33.8 Å². The number of aromatic hydroxyl groups is 1. The van der Waals surface area contributed by atoms with E-state index in [1.54, 1.807) is 32.9 Å². The number of nitrogens with zero attached hydrogens (tertiary/aromatic N) is 5. The maximum atomic E-state index is 13.3. The van der Waals surface area contributed by atoms with E-state index in [-0.39, 0.29) is 37.4 Å². The molecule has 0 spiro atoms. The Bertz CT molecular complexity index is 1710. The summed E-state index contributed by atoms with van der Waals surface area (Å²) < 4.78 is 10.4. The number of hydrogen-bond donors (Lipinski definition) is 2. The summed E-state index contributed by atoms with van der Waals surface area (Å²) in [4.78, 5) is 65.1. The number of benzene rings is 2. The molecule has 2 heterocycles. The minimum atomic E-state index is -1.28. The number of piperidine rings is 1. The Morgan fingerprint density at radius 1 is 1.08 bits per heavy atom. The summed E-state index contributed by atoms with van der Waals surface area (Å²) in [6.45, 7) is 6.48. The number of fused-ring (bicyclic) bond motifs is 1. The summed E-state index contributed by atoms with van der Waals surface area (Å²) in [7, 11) is 0. The van der Waals surface area contributed by atoms with Crippen molar-refractivity contribution in [3.05, 3.63) is 70.6 Å². The van der Waals surface area contributed by atoms with Crippen LogP contribution in [0.1, 0.15) is 42.0 Å². The Kier molecular flexibility index (Phi) is 12.7. The Hall–Kier alpha value is -5.69. The highest BCUT2D eigenvalue weighted by molar-refractivity contribution is 5.97. The predicted octanol–water partition coefficient (Wildman–Crippen LogP) is 3.94. The van der Waals surface area contributed by atoms with Crippen molar-refractivity contribution in [2.24, 2.45) is 15.0 Å². The average molecular weight is 655 g/mol. The van der Waals surface area contributed by atoms with Gasteiger partial charge in [0.25, 0.3) is 5.91 Å². The van der Waals surface area contributed by atoms with Crippen LogP contribution < -0.4 is 5.32 Å². The van der Waals surface area contributed by atoms with Gasteiger partial charge in [0.15, 0.2) is 6.10 Å². The molecule has 1 fully saturated rings. The van der Waals surface area contributed by atoms with Gasteiger partial charge in [-0.2, -0.15) is 9.98 Å². The zero-order valence-electron chi connectivity index (χ0n) is 27.2. The first kappa shape index (κ1) is 35.2. The van der Waals surface area contributed by atoms with Crippen molar-refractivity contribution in [2.75, 3.05) is 38.1 Å². The lowest BCUT2D eigenvalue weighted by molar-refractivity contribution is -0.141. The molecule has 4 amide bonds. The molecule has 0 saturated carbocycles. The van der Waals surface area contributed by atoms with E-state index >= 15 is 0 Å². The molecule has 2 aliphatic rings. The first-order valence-electron chi connectivity index (χ1n) is 15.6. The van der Waals surface area contributed by atoms with Gasteiger partial charge < -0.3 is 29.7 Å². The molecule has 13 nitrogen and oxygen atoms in total. The van der Waals surface area contributed by atoms with Crippen LogP contribution in [0.5, 0.6) is 5.75 Å². The SMILES string of the molecule is CCOC(=O)CN=C=C=CN=C=C=NC(=O)[C@@H](Cc1cc(C)c(O)c(C)c1)OC(=O)N1CCC(N2CCc3ccccc3NC2=O)CC1. The lowest BCUT2D eigenvalue weighted by Crippen LogP contribution is -2.50. The molecular formula is C35H38N6O7. The molecule has 0 radical (unpaired) electrons. The van der Waals surface area contributed by atoms with Crippen LogP contribution in [0.15, 0.2) is 63.3 Å². The number of phenols is 1. The van der Waals surface area contributed by atoms with E-state index in [9.17, 15) is 24.3 Å². The number of nitrogens with one attached hydrogen (secondary N) is 1. The summed E-state index contributed by atoms with van der Waals surface area (Å²) in [5, 5.41) is 13.2. The summed E-state index contributed by atoms with van der Waals surface area (Å²) in [5.41, 5.74) is 6.27. The van der Waals surface area contributed by atoms with Crippen molar-refractivity contribution in [1.29, 1.82) is 0 Å². The number of likely N-dealkylation sites (tertiary alicyclic amines) is 1. The molecule has 13 heteroatoms. The van der Waals surface area contributed by atoms with Crippen molar-refractivity contribution in [3.8, 4) is 5.75 Å². The predicted molar refractivity (Wildman–Crippen MR) is 179 cm³/mol. The van der Waals surface area contributed by atoms with Crippen molar-refractivity contribution in [2.45, 2.75) is 58.6 Å². The number of phenolic OH excluding ortho intramolecular Hbond substituents is 1. The average Bonchev–Trinajstić information content (AvgIpc) is 3.24. The molecule has 4 rings (SSSR count). The molecular weight excluding hydrogens is 616 g/mol. The van der Waals surface area contributed by atoms with Gasteiger partial charge in [0, 0.05) is 43.7 Å². The van der Waals surface area contributed by atoms with Crippen LogP contribution in [0.25, 0.3) is 0 Å². The summed E-state index contributed by atoms with van der Waals surface area (Å²) >= 11 is 0. The van der Waals surface area contributed by atoms with E-state index in [0.717, 1.165) is 23.9 Å². The van der Waals surface area contributed by atoms with Gasteiger partial charge in [-0.25, -0.2) is 14.6 Å². The molecule has 1 atom stereocenters. The van der Waals surface area contributed by atoms with E-state index in [1.165, 1.54) is 4.90 Å². The number of esters is 1. The fraction of sp³-hybridized carbons (Fsp3) is 0.400. The Morgan fingerprint density at radius 3 is 2.54 bits per heavy atom. The molecule has 0 bridgehead atoms. The molecule has 2 aliphatic heterocycles. The molecule has 0 aromatic heterocycles. The highest BCUT2D eigenvalue weighted by Gasteiger charge is 2.33. The maximum Gasteiger partial charge on any atom is 0.410 e. The van der Waals surface area contributed by atoms with Crippen molar-refractivity contribution in [1.82, 2.24) is 9.80 Å². The highest BCUT2D eigenvalue weighted by atomic mass is 16.6. The normalized spacial score (nSPS) is 14.7. The quantitative estimate of drug-likeness (QED) is 0.235. The van der Waals surface area contributed by atoms with Gasteiger partial charge in [-0.15, -0.1) is 0 Å². The maximum absolute atomic E-state index is 13.3. The van der Waals surface area contributed by atoms with Gasteiger partial charge in [0.2, 0.25) is 0 Å². The molecule has 0 aliphatic carbocycles. The Balaban J connectivity index is 1.41. The number of hydrogen-bond acceptors (Lipinski definition) is 9. The molecule has 48 heavy (non-hydrogen) atoms. The third-order valence-electron chi connectivity index (χ3n) is 7.86. The van der Waals surface area contributed by atoms with E-state index in [0.29, 0.717) is 49.2 Å². The minimum Gasteiger partial charge on any atom is -0.507 e. The van der Waals surface area contributed by atoms with Gasteiger partial charge in [-0.1, -0.05) is 30.3 Å². The number of ether oxygens (including phenoxy) is 2. The molecule has 2 aromatic rings. The van der Waals surface area contributed by atoms with Crippen LogP contribution >= 0.6 is 0 Å². The highest BCUT2D eigenvalue weighted by Crippen LogP contribution is 2.26. The molecule has 1 saturated heterocycles. The number of urea groups is 1. The Morgan fingerprint density at radius 2 is 1.81 bits per heavy atom. The molecule has 0 unspecified atom stereocenters. The second-order valence-electron chi connectivity index (χ2n) is 11.2. The Labute approximate surface area is 278 Å². The second-order valence-corrected chi connectivity index (χ2v) is 11.2. The van der Waals surface area contributed by atoms with Gasteiger partial charge in [-0.3, -0.25) is 9.59 Å². The monoisotopic (exact) mass is 654 g/mol. The van der Waals surface area contributed by atoms with E-state index in [2.05, 4.69) is 43.6 Å². The van der Waals surface area contributed by atoms with Crippen LogP contribution in [0.2, 0.25) is 0 Å². The van der Waals surface area contributed by atoms with E-state index < -0.39 is 24.1 Å². The number of anilines is 1. The third kappa shape index (κ3) is 9.90. The van der Waals surface area contributed by atoms with E-state index in [1.807, 2.05) is 29.2 Å². The standard InChI is InChI=1S/C35H38N6O7/c1-4-47-31(42)23-37-14-7-13-36-15-16-38-33(44)30(22-26-20-24(2)32(43)25(3)21-26)48-35(46)40-17-11-28(12-18-40)41-19-10-27-8-5-6-9-29(27)39-34(41)45/h5-6,8-9,13,20-21,28,30,43H,4,10-12,17-19,22-23H2,1-3H3,(H,39,45)/t30-/m1/s1. The fourth-order valence-electron chi connectivity index (χ4n) is 5.48. The van der Waals surface area contributed by atoms with Gasteiger partial charge >= 0.3 is 18.1 Å². The number of amides is 4. The molecule has 250 valence electrons. The van der Waals surface area contributed by atoms with Crippen molar-refractivity contribution >= 4 is 47.3 Å². The number of carbonyl (C=O) groups excluding carboxylic acids is 4. The fourth-order valence-corrected chi connectivity index (χ4v) is 5.48. The second kappa shape index (κ2) is 17.3. The van der Waals surface area contributed by atoms with Gasteiger partial charge in [-0.05, 0) is 74.1 Å². The first-order valence-corrected chi connectivity index (χ1v) is 15.6. The van der Waals surface area contributed by atoms with Crippen LogP contribution in [-0.4, -0.2) is 101 Å². The number of aryl methyl sites for hydroxylation is 2. The smallest absolute Gasteiger partial charge is 0.410 e. The van der Waals surface area contributed by atoms with Crippen LogP contribution in [-0.2, 0) is 31.9 Å². The van der Waals surface area contributed by atoms with Crippen LogP contribution in [0.3, 0.4) is 0 Å². The summed E-state index contributed by atoms with van der Waals surface area (Å²) in [6.07, 6.45) is 1.04. The minimum absolute atomic E-state index is 0.0133. The zero-order chi connectivity index (χ0) is 34.5. The number of aliphatic imine (C=N–C) groups is 3. The molecule has 2 aromatic carbocycles. The lowest BCUT2D eigenvalue weighted by atomic mass is 10.0. The van der Waals surface area contributed by atoms with E-state index in [4.69, 9.17) is 9.47 Å². The lowest BCUT2D eigenvalue weighted by Gasteiger charge is -2.37. The number of carbonyl (C=O) groups is 4. The number of para-hydroxylation sites is 1. The topological polar surface area (TPSA) is 163 Å². The first-order chi connectivity index (χ1) is 23.2. The van der Waals surface area contributed by atoms with Gasteiger partial charge in [0.1, 0.15) is 12.3 Å². The summed E-state index contributed by atoms with van der Waals surface area (Å²) in [5.74, 6) is 5.86. The van der Waals surface area contributed by atoms with Crippen LogP contribution in [0.4, 0.5) is 15.3 Å².